The van der Waals surface area contributed by atoms with Gasteiger partial charge in [-0.2, -0.15) is 0 Å². The molecule has 0 saturated heterocycles. The summed E-state index contributed by atoms with van der Waals surface area (Å²) in [6.45, 7) is 11.0. The second-order valence-corrected chi connectivity index (χ2v) is 3.82. The fraction of sp³-hybridized carbons (Fsp3) is 0.900. The molecule has 1 unspecified atom stereocenters. The van der Waals surface area contributed by atoms with E-state index in [0.29, 0.717) is 12.0 Å². The van der Waals surface area contributed by atoms with Gasteiger partial charge in [0.05, 0.1) is 0 Å². The molecule has 0 N–H and O–H groups in total. The van der Waals surface area contributed by atoms with Gasteiger partial charge in [-0.3, -0.25) is 4.79 Å². The van der Waals surface area contributed by atoms with Crippen LogP contribution in [0.2, 0.25) is 0 Å². The van der Waals surface area contributed by atoms with Crippen molar-refractivity contribution in [1.29, 1.82) is 0 Å². The molecule has 0 aromatic rings. The Morgan fingerprint density at radius 2 is 1.83 bits per heavy atom. The second-order valence-electron chi connectivity index (χ2n) is 3.82. The van der Waals surface area contributed by atoms with Crippen LogP contribution in [0.4, 0.5) is 0 Å². The van der Waals surface area contributed by atoms with Gasteiger partial charge >= 0.3 is 0 Å². The summed E-state index contributed by atoms with van der Waals surface area (Å²) in [7, 11) is 0. The molecular formula is C10H21NO. The van der Waals surface area contributed by atoms with Crippen LogP contribution in [0.3, 0.4) is 0 Å². The lowest BCUT2D eigenvalue weighted by Gasteiger charge is -2.28. The van der Waals surface area contributed by atoms with Crippen LogP contribution in [0.15, 0.2) is 0 Å². The minimum absolute atomic E-state index is 0.193. The van der Waals surface area contributed by atoms with E-state index in [1.165, 1.54) is 0 Å². The summed E-state index contributed by atoms with van der Waals surface area (Å²) >= 11 is 0. The van der Waals surface area contributed by atoms with Crippen LogP contribution in [0.1, 0.15) is 41.0 Å². The van der Waals surface area contributed by atoms with Gasteiger partial charge in [0.1, 0.15) is 0 Å². The van der Waals surface area contributed by atoms with Gasteiger partial charge < -0.3 is 4.90 Å². The molecule has 0 saturated carbocycles. The fourth-order valence-corrected chi connectivity index (χ4v) is 1.23. The maximum atomic E-state index is 11.2. The lowest BCUT2D eigenvalue weighted by Crippen LogP contribution is -2.39. The van der Waals surface area contributed by atoms with Gasteiger partial charge in [-0.1, -0.05) is 20.8 Å². The predicted octanol–water partition coefficient (Wildman–Crippen LogP) is 2.29. The standard InChI is InChI=1S/C10H21NO/c1-6-9(4)11(10(5)12)7-8(2)3/h8-9H,6-7H2,1-5H3. The summed E-state index contributed by atoms with van der Waals surface area (Å²) in [5, 5.41) is 0. The molecule has 1 atom stereocenters. The SMILES string of the molecule is CCC(C)N(CC(C)C)C(C)=O. The Morgan fingerprint density at radius 1 is 1.33 bits per heavy atom. The number of carbonyl (C=O) groups excluding carboxylic acids is 1. The summed E-state index contributed by atoms with van der Waals surface area (Å²) in [6, 6.07) is 0.380. The third-order valence-electron chi connectivity index (χ3n) is 2.09. The molecule has 2 nitrogen and oxygen atoms in total. The quantitative estimate of drug-likeness (QED) is 0.635. The molecule has 0 aliphatic rings. The molecule has 0 aromatic heterocycles. The first-order valence-electron chi connectivity index (χ1n) is 4.76. The van der Waals surface area contributed by atoms with E-state index in [1.807, 2.05) is 4.90 Å². The summed E-state index contributed by atoms with van der Waals surface area (Å²) < 4.78 is 0. The average Bonchev–Trinajstić information content (AvgIpc) is 1.98. The van der Waals surface area contributed by atoms with Crippen LogP contribution in [0, 0.1) is 5.92 Å². The molecule has 0 rings (SSSR count). The van der Waals surface area contributed by atoms with Crippen LogP contribution in [0.5, 0.6) is 0 Å². The topological polar surface area (TPSA) is 20.3 Å². The van der Waals surface area contributed by atoms with Crippen LogP contribution < -0.4 is 0 Å². The van der Waals surface area contributed by atoms with Crippen LogP contribution in [0.25, 0.3) is 0 Å². The zero-order chi connectivity index (χ0) is 9.72. The molecule has 0 bridgehead atoms. The molecule has 0 aliphatic carbocycles. The summed E-state index contributed by atoms with van der Waals surface area (Å²) in [4.78, 5) is 13.2. The van der Waals surface area contributed by atoms with Gasteiger partial charge in [0.2, 0.25) is 5.91 Å². The van der Waals surface area contributed by atoms with E-state index < -0.39 is 0 Å². The minimum atomic E-state index is 0.193. The highest BCUT2D eigenvalue weighted by molar-refractivity contribution is 5.73. The molecule has 0 heterocycles. The van der Waals surface area contributed by atoms with Gasteiger partial charge in [0.15, 0.2) is 0 Å². The lowest BCUT2D eigenvalue weighted by molar-refractivity contribution is -0.131. The molecule has 0 aromatic carbocycles. The molecule has 72 valence electrons. The summed E-state index contributed by atoms with van der Waals surface area (Å²) in [5.74, 6) is 0.751. The third-order valence-corrected chi connectivity index (χ3v) is 2.09. The fourth-order valence-electron chi connectivity index (χ4n) is 1.23. The number of hydrogen-bond acceptors (Lipinski definition) is 1. The van der Waals surface area contributed by atoms with Gasteiger partial charge in [0.25, 0.3) is 0 Å². The van der Waals surface area contributed by atoms with Crippen molar-refractivity contribution in [3.8, 4) is 0 Å². The highest BCUT2D eigenvalue weighted by Crippen LogP contribution is 2.07. The molecule has 0 fully saturated rings. The monoisotopic (exact) mass is 171 g/mol. The third kappa shape index (κ3) is 3.74. The minimum Gasteiger partial charge on any atom is -0.340 e. The molecular weight excluding hydrogens is 150 g/mol. The van der Waals surface area contributed by atoms with E-state index in [1.54, 1.807) is 6.92 Å². The van der Waals surface area contributed by atoms with E-state index in [2.05, 4.69) is 27.7 Å². The Hall–Kier alpha value is -0.530. The predicted molar refractivity (Wildman–Crippen MR) is 52.0 cm³/mol. The Labute approximate surface area is 75.9 Å². The highest BCUT2D eigenvalue weighted by Gasteiger charge is 2.15. The first-order valence-corrected chi connectivity index (χ1v) is 4.76. The Balaban J connectivity index is 4.13. The van der Waals surface area contributed by atoms with Crippen molar-refractivity contribution in [2.24, 2.45) is 5.92 Å². The van der Waals surface area contributed by atoms with Crippen molar-refractivity contribution in [1.82, 2.24) is 4.90 Å². The number of hydrogen-bond donors (Lipinski definition) is 0. The Bertz CT molecular complexity index is 143. The van der Waals surface area contributed by atoms with Crippen molar-refractivity contribution in [3.05, 3.63) is 0 Å². The Morgan fingerprint density at radius 3 is 2.08 bits per heavy atom. The van der Waals surface area contributed by atoms with Gasteiger partial charge in [-0.25, -0.2) is 0 Å². The van der Waals surface area contributed by atoms with E-state index in [-0.39, 0.29) is 5.91 Å². The van der Waals surface area contributed by atoms with Crippen molar-refractivity contribution in [2.75, 3.05) is 6.54 Å². The molecule has 0 radical (unpaired) electrons. The smallest absolute Gasteiger partial charge is 0.219 e. The molecule has 1 amide bonds. The van der Waals surface area contributed by atoms with Gasteiger partial charge in [0, 0.05) is 19.5 Å². The summed E-state index contributed by atoms with van der Waals surface area (Å²) in [6.07, 6.45) is 1.03. The lowest BCUT2D eigenvalue weighted by atomic mass is 10.1. The van der Waals surface area contributed by atoms with Crippen LogP contribution in [-0.2, 0) is 4.79 Å². The van der Waals surface area contributed by atoms with Crippen molar-refractivity contribution in [2.45, 2.75) is 47.1 Å². The van der Waals surface area contributed by atoms with Crippen LogP contribution in [-0.4, -0.2) is 23.4 Å². The number of rotatable bonds is 4. The van der Waals surface area contributed by atoms with Crippen molar-refractivity contribution < 1.29 is 4.79 Å². The molecule has 0 aliphatic heterocycles. The Kier molecular flexibility index (Phi) is 4.95. The van der Waals surface area contributed by atoms with Crippen LogP contribution >= 0.6 is 0 Å². The zero-order valence-electron chi connectivity index (χ0n) is 8.92. The average molecular weight is 171 g/mol. The number of carbonyl (C=O) groups is 1. The van der Waals surface area contributed by atoms with E-state index in [9.17, 15) is 4.79 Å². The maximum Gasteiger partial charge on any atom is 0.219 e. The van der Waals surface area contributed by atoms with E-state index in [4.69, 9.17) is 0 Å². The number of nitrogens with zero attached hydrogens (tertiary/aromatic N) is 1. The molecule has 0 spiro atoms. The van der Waals surface area contributed by atoms with E-state index >= 15 is 0 Å². The highest BCUT2D eigenvalue weighted by atomic mass is 16.2. The second kappa shape index (κ2) is 5.18. The van der Waals surface area contributed by atoms with Gasteiger partial charge in [-0.15, -0.1) is 0 Å². The first kappa shape index (κ1) is 11.5. The van der Waals surface area contributed by atoms with Gasteiger partial charge in [-0.05, 0) is 19.3 Å². The van der Waals surface area contributed by atoms with E-state index in [0.717, 1.165) is 13.0 Å². The summed E-state index contributed by atoms with van der Waals surface area (Å²) in [5.41, 5.74) is 0. The normalized spacial score (nSPS) is 13.2. The van der Waals surface area contributed by atoms with Crippen molar-refractivity contribution >= 4 is 5.91 Å². The first-order chi connectivity index (χ1) is 5.49. The van der Waals surface area contributed by atoms with Crippen molar-refractivity contribution in [3.63, 3.8) is 0 Å². The zero-order valence-corrected chi connectivity index (χ0v) is 8.92. The maximum absolute atomic E-state index is 11.2. The number of amides is 1. The molecule has 2 heteroatoms. The molecule has 12 heavy (non-hydrogen) atoms. The largest absolute Gasteiger partial charge is 0.340 e.